The van der Waals surface area contributed by atoms with E-state index in [0.717, 1.165) is 0 Å². The van der Waals surface area contributed by atoms with Gasteiger partial charge in [0, 0.05) is 5.75 Å². The van der Waals surface area contributed by atoms with Crippen molar-refractivity contribution in [2.24, 2.45) is 0 Å². The normalized spacial score (nSPS) is 12.8. The molecule has 0 fully saturated rings. The van der Waals surface area contributed by atoms with E-state index >= 15 is 0 Å². The minimum atomic E-state index is -1.03. The number of hydrogen-bond acceptors (Lipinski definition) is 4. The summed E-state index contributed by atoms with van der Waals surface area (Å²) in [5, 5.41) is 7.95. The Balaban J connectivity index is 2.31. The van der Waals surface area contributed by atoms with E-state index in [9.17, 15) is 4.79 Å². The van der Waals surface area contributed by atoms with Crippen molar-refractivity contribution >= 4 is 29.3 Å². The number of carbonyl (C=O) groups is 1. The molecule has 0 radical (unpaired) electrons. The highest BCUT2D eigenvalue weighted by Crippen LogP contribution is 2.17. The number of halogens is 1. The summed E-state index contributed by atoms with van der Waals surface area (Å²) in [5.74, 6) is -0.784. The van der Waals surface area contributed by atoms with Crippen LogP contribution in [0.1, 0.15) is 0 Å². The molecule has 1 aromatic heterocycles. The Bertz CT molecular complexity index is 251. The molecule has 0 bridgehead atoms. The molecule has 1 N–H and O–H groups in total. The summed E-state index contributed by atoms with van der Waals surface area (Å²) in [5.41, 5.74) is 0. The molecule has 1 heterocycles. The zero-order valence-electron chi connectivity index (χ0n) is 5.94. The van der Waals surface area contributed by atoms with Crippen LogP contribution < -0.4 is 0 Å². The molecule has 12 heavy (non-hydrogen) atoms. The monoisotopic (exact) mass is 207 g/mol. The van der Waals surface area contributed by atoms with E-state index in [1.54, 1.807) is 0 Å². The van der Waals surface area contributed by atoms with E-state index in [4.69, 9.17) is 21.1 Å². The van der Waals surface area contributed by atoms with E-state index in [1.165, 1.54) is 24.2 Å². The van der Waals surface area contributed by atoms with Crippen LogP contribution in [-0.2, 0) is 4.79 Å². The summed E-state index contributed by atoms with van der Waals surface area (Å²) in [7, 11) is 0. The molecule has 0 aromatic carbocycles. The molecule has 1 rings (SSSR count). The third-order valence-electron chi connectivity index (χ3n) is 1.03. The first-order chi connectivity index (χ1) is 5.70. The van der Waals surface area contributed by atoms with Gasteiger partial charge in [-0.3, -0.25) is 4.79 Å². The lowest BCUT2D eigenvalue weighted by Crippen LogP contribution is -2.15. The summed E-state index contributed by atoms with van der Waals surface area (Å²) >= 11 is 6.62. The summed E-state index contributed by atoms with van der Waals surface area (Å²) in [6.45, 7) is 0. The van der Waals surface area contributed by atoms with Gasteiger partial charge in [-0.15, -0.1) is 11.6 Å². The topological polar surface area (TPSA) is 63.3 Å². The third kappa shape index (κ3) is 2.75. The maximum atomic E-state index is 10.3. The minimum absolute atomic E-state index is 0.247. The molecule has 0 aliphatic heterocycles. The van der Waals surface area contributed by atoms with Gasteiger partial charge in [0.1, 0.15) is 11.6 Å². The Labute approximate surface area is 77.9 Å². The largest absolute Gasteiger partial charge is 0.480 e. The Morgan fingerprint density at radius 1 is 1.92 bits per heavy atom. The molecule has 1 unspecified atom stereocenters. The fourth-order valence-electron chi connectivity index (χ4n) is 0.497. The number of aliphatic carboxylic acids is 1. The second kappa shape index (κ2) is 4.37. The highest BCUT2D eigenvalue weighted by atomic mass is 35.5. The molecule has 6 heteroatoms. The minimum Gasteiger partial charge on any atom is -0.480 e. The second-order valence-corrected chi connectivity index (χ2v) is 3.41. The van der Waals surface area contributed by atoms with Crippen molar-refractivity contribution in [2.45, 2.75) is 10.6 Å². The van der Waals surface area contributed by atoms with Crippen LogP contribution in [0.4, 0.5) is 0 Å². The number of aromatic nitrogens is 1. The molecule has 66 valence electrons. The number of alkyl halides is 1. The van der Waals surface area contributed by atoms with Gasteiger partial charge in [0.05, 0.1) is 6.20 Å². The van der Waals surface area contributed by atoms with E-state index in [0.29, 0.717) is 5.22 Å². The third-order valence-corrected chi connectivity index (χ3v) is 2.50. The quantitative estimate of drug-likeness (QED) is 0.598. The Hall–Kier alpha value is -0.680. The zero-order valence-corrected chi connectivity index (χ0v) is 7.51. The summed E-state index contributed by atoms with van der Waals surface area (Å²) in [4.78, 5) is 14.1. The van der Waals surface area contributed by atoms with Crippen molar-refractivity contribution in [3.63, 3.8) is 0 Å². The molecule has 1 aromatic rings. The first-order valence-corrected chi connectivity index (χ1v) is 4.51. The molecule has 1 atom stereocenters. The van der Waals surface area contributed by atoms with Crippen LogP contribution in [0.25, 0.3) is 0 Å². The van der Waals surface area contributed by atoms with Crippen molar-refractivity contribution in [1.29, 1.82) is 0 Å². The van der Waals surface area contributed by atoms with Gasteiger partial charge in [-0.05, 0) is 0 Å². The number of nitrogens with zero attached hydrogens (tertiary/aromatic N) is 1. The van der Waals surface area contributed by atoms with Crippen molar-refractivity contribution in [2.75, 3.05) is 5.75 Å². The fourth-order valence-corrected chi connectivity index (χ4v) is 1.38. The Kier molecular flexibility index (Phi) is 3.43. The van der Waals surface area contributed by atoms with Crippen LogP contribution in [-0.4, -0.2) is 27.2 Å². The number of carboxylic acids is 1. The number of thioether (sulfide) groups is 1. The molecular weight excluding hydrogens is 202 g/mol. The molecule has 0 saturated heterocycles. The van der Waals surface area contributed by atoms with Gasteiger partial charge in [-0.25, -0.2) is 4.98 Å². The van der Waals surface area contributed by atoms with Gasteiger partial charge >= 0.3 is 5.97 Å². The second-order valence-electron chi connectivity index (χ2n) is 1.91. The van der Waals surface area contributed by atoms with E-state index in [2.05, 4.69) is 4.98 Å². The Morgan fingerprint density at radius 2 is 2.67 bits per heavy atom. The first-order valence-electron chi connectivity index (χ1n) is 3.09. The van der Waals surface area contributed by atoms with Gasteiger partial charge in [0.2, 0.25) is 0 Å². The van der Waals surface area contributed by atoms with Crippen molar-refractivity contribution in [3.8, 4) is 0 Å². The molecule has 0 aliphatic carbocycles. The van der Waals surface area contributed by atoms with Crippen LogP contribution in [0.15, 0.2) is 22.1 Å². The fraction of sp³-hybridized carbons (Fsp3) is 0.333. The molecule has 0 amide bonds. The van der Waals surface area contributed by atoms with Crippen molar-refractivity contribution in [3.05, 3.63) is 12.5 Å². The highest BCUT2D eigenvalue weighted by molar-refractivity contribution is 7.99. The van der Waals surface area contributed by atoms with Gasteiger partial charge in [0.15, 0.2) is 0 Å². The average Bonchev–Trinajstić information content (AvgIpc) is 2.51. The smallest absolute Gasteiger partial charge is 0.322 e. The van der Waals surface area contributed by atoms with Crippen LogP contribution >= 0.6 is 23.4 Å². The molecule has 0 saturated carbocycles. The van der Waals surface area contributed by atoms with Crippen molar-refractivity contribution < 1.29 is 14.3 Å². The van der Waals surface area contributed by atoms with Crippen LogP contribution in [0, 0.1) is 0 Å². The van der Waals surface area contributed by atoms with Crippen LogP contribution in [0.3, 0.4) is 0 Å². The lowest BCUT2D eigenvalue weighted by molar-refractivity contribution is -0.136. The van der Waals surface area contributed by atoms with E-state index in [1.807, 2.05) is 0 Å². The lowest BCUT2D eigenvalue weighted by Gasteiger charge is -1.99. The molecule has 4 nitrogen and oxygen atoms in total. The lowest BCUT2D eigenvalue weighted by atomic mass is 10.5. The number of carboxylic acid groups (broad SMARTS) is 1. The van der Waals surface area contributed by atoms with Gasteiger partial charge in [0.25, 0.3) is 5.22 Å². The SMILES string of the molecule is O=C(O)C(Cl)CSc1ncco1. The zero-order chi connectivity index (χ0) is 8.97. The maximum absolute atomic E-state index is 10.3. The van der Waals surface area contributed by atoms with Crippen LogP contribution in [0.5, 0.6) is 0 Å². The average molecular weight is 208 g/mol. The van der Waals surface area contributed by atoms with Gasteiger partial charge in [-0.1, -0.05) is 11.8 Å². The summed E-state index contributed by atoms with van der Waals surface area (Å²) in [6, 6.07) is 0. The number of hydrogen-bond donors (Lipinski definition) is 1. The predicted octanol–water partition coefficient (Wildman–Crippen LogP) is 1.46. The van der Waals surface area contributed by atoms with E-state index in [-0.39, 0.29) is 5.75 Å². The van der Waals surface area contributed by atoms with Crippen LogP contribution in [0.2, 0.25) is 0 Å². The number of oxazole rings is 1. The molecule has 0 spiro atoms. The maximum Gasteiger partial charge on any atom is 0.322 e. The highest BCUT2D eigenvalue weighted by Gasteiger charge is 2.14. The standard InChI is InChI=1S/C6H6ClNO3S/c7-4(5(9)10)3-12-6-8-1-2-11-6/h1-2,4H,3H2,(H,9,10). The number of rotatable bonds is 4. The van der Waals surface area contributed by atoms with Crippen molar-refractivity contribution in [1.82, 2.24) is 4.98 Å². The predicted molar refractivity (Wildman–Crippen MR) is 44.5 cm³/mol. The first kappa shape index (κ1) is 9.41. The summed E-state index contributed by atoms with van der Waals surface area (Å²) < 4.78 is 4.86. The van der Waals surface area contributed by atoms with E-state index < -0.39 is 11.3 Å². The van der Waals surface area contributed by atoms with Gasteiger partial charge < -0.3 is 9.52 Å². The summed E-state index contributed by atoms with van der Waals surface area (Å²) in [6.07, 6.45) is 2.92. The molecule has 0 aliphatic rings. The van der Waals surface area contributed by atoms with Gasteiger partial charge in [-0.2, -0.15) is 0 Å². The molecular formula is C6H6ClNO3S. The Morgan fingerprint density at radius 3 is 3.17 bits per heavy atom.